The molecule has 0 aromatic heterocycles. The van der Waals surface area contributed by atoms with E-state index in [9.17, 15) is 4.79 Å². The number of para-hydroxylation sites is 1. The summed E-state index contributed by atoms with van der Waals surface area (Å²) in [5, 5.41) is 3.47. The molecule has 1 aliphatic rings. The third kappa shape index (κ3) is 2.20. The van der Waals surface area contributed by atoms with Crippen molar-refractivity contribution in [1.29, 1.82) is 0 Å². The van der Waals surface area contributed by atoms with Crippen LogP contribution in [-0.2, 0) is 4.74 Å². The van der Waals surface area contributed by atoms with E-state index in [1.165, 1.54) is 0 Å². The van der Waals surface area contributed by atoms with Gasteiger partial charge in [0.25, 0.3) is 0 Å². The van der Waals surface area contributed by atoms with Gasteiger partial charge in [-0.1, -0.05) is 32.0 Å². The van der Waals surface area contributed by atoms with Gasteiger partial charge in [-0.2, -0.15) is 0 Å². The Morgan fingerprint density at radius 2 is 2.18 bits per heavy atom. The Morgan fingerprint density at radius 1 is 1.47 bits per heavy atom. The van der Waals surface area contributed by atoms with Crippen LogP contribution in [0.25, 0.3) is 0 Å². The number of hydrogen-bond donors (Lipinski definition) is 2. The average Bonchev–Trinajstić information content (AvgIpc) is 2.32. The monoisotopic (exact) mass is 234 g/mol. The molecule has 0 saturated heterocycles. The Labute approximate surface area is 101 Å². The molecule has 0 saturated carbocycles. The third-order valence-corrected chi connectivity index (χ3v) is 3.40. The predicted molar refractivity (Wildman–Crippen MR) is 66.7 cm³/mol. The Bertz CT molecular complexity index is 420. The van der Waals surface area contributed by atoms with Gasteiger partial charge in [0.2, 0.25) is 0 Å². The summed E-state index contributed by atoms with van der Waals surface area (Å²) in [4.78, 5) is 11.0. The molecule has 0 fully saturated rings. The molecule has 1 aromatic carbocycles. The number of nitrogens with one attached hydrogen (secondary N) is 1. The summed E-state index contributed by atoms with van der Waals surface area (Å²) in [5.41, 5.74) is 7.18. The van der Waals surface area contributed by atoms with Gasteiger partial charge < -0.3 is 15.8 Å². The Morgan fingerprint density at radius 3 is 2.82 bits per heavy atom. The van der Waals surface area contributed by atoms with Gasteiger partial charge in [0, 0.05) is 23.2 Å². The number of benzene rings is 1. The maximum atomic E-state index is 11.0. The van der Waals surface area contributed by atoms with Gasteiger partial charge in [0.05, 0.1) is 0 Å². The van der Waals surface area contributed by atoms with E-state index in [0.29, 0.717) is 6.04 Å². The van der Waals surface area contributed by atoms with Crippen molar-refractivity contribution in [3.63, 3.8) is 0 Å². The van der Waals surface area contributed by atoms with E-state index in [2.05, 4.69) is 19.2 Å². The molecule has 0 bridgehead atoms. The van der Waals surface area contributed by atoms with Crippen LogP contribution in [0.2, 0.25) is 0 Å². The molecule has 17 heavy (non-hydrogen) atoms. The molecule has 1 aliphatic heterocycles. The molecule has 0 spiro atoms. The number of rotatable bonds is 2. The minimum atomic E-state index is -0.714. The average molecular weight is 234 g/mol. The van der Waals surface area contributed by atoms with E-state index < -0.39 is 6.09 Å². The van der Waals surface area contributed by atoms with Crippen molar-refractivity contribution in [2.24, 2.45) is 11.7 Å². The molecule has 92 valence electrons. The van der Waals surface area contributed by atoms with E-state index >= 15 is 0 Å². The summed E-state index contributed by atoms with van der Waals surface area (Å²) in [5.74, 6) is 0.211. The van der Waals surface area contributed by atoms with Gasteiger partial charge in [-0.15, -0.1) is 0 Å². The lowest BCUT2D eigenvalue weighted by atomic mass is 9.84. The second-order valence-corrected chi connectivity index (χ2v) is 4.46. The fourth-order valence-corrected chi connectivity index (χ4v) is 2.47. The maximum Gasteiger partial charge on any atom is 0.405 e. The van der Waals surface area contributed by atoms with Crippen molar-refractivity contribution in [2.75, 3.05) is 5.32 Å². The normalized spacial score (nSPS) is 26.8. The SMILES string of the molecule is CCC1Nc2ccccc2C(OC(N)=O)C1C. The van der Waals surface area contributed by atoms with Crippen LogP contribution in [0.3, 0.4) is 0 Å². The Hall–Kier alpha value is -1.71. The summed E-state index contributed by atoms with van der Waals surface area (Å²) >= 11 is 0. The number of carbonyl (C=O) groups is 1. The molecule has 4 nitrogen and oxygen atoms in total. The van der Waals surface area contributed by atoms with Gasteiger partial charge in [-0.25, -0.2) is 4.79 Å². The number of carbonyl (C=O) groups excluding carboxylic acids is 1. The zero-order valence-corrected chi connectivity index (χ0v) is 10.1. The lowest BCUT2D eigenvalue weighted by Crippen LogP contribution is -2.38. The number of fused-ring (bicyclic) bond motifs is 1. The fourth-order valence-electron chi connectivity index (χ4n) is 2.47. The molecule has 0 aliphatic carbocycles. The smallest absolute Gasteiger partial charge is 0.405 e. The van der Waals surface area contributed by atoms with E-state index in [0.717, 1.165) is 17.7 Å². The molecule has 0 radical (unpaired) electrons. The fraction of sp³-hybridized carbons (Fsp3) is 0.462. The van der Waals surface area contributed by atoms with Gasteiger partial charge in [-0.3, -0.25) is 0 Å². The van der Waals surface area contributed by atoms with Gasteiger partial charge in [0.15, 0.2) is 0 Å². The molecule has 1 heterocycles. The van der Waals surface area contributed by atoms with Gasteiger partial charge in [0.1, 0.15) is 6.10 Å². The number of hydrogen-bond acceptors (Lipinski definition) is 3. The van der Waals surface area contributed by atoms with E-state index in [-0.39, 0.29) is 12.0 Å². The number of amides is 1. The summed E-state index contributed by atoms with van der Waals surface area (Å²) < 4.78 is 5.26. The first-order valence-electron chi connectivity index (χ1n) is 5.95. The zero-order chi connectivity index (χ0) is 12.4. The van der Waals surface area contributed by atoms with Crippen molar-refractivity contribution >= 4 is 11.8 Å². The molecule has 3 N–H and O–H groups in total. The molecule has 2 rings (SSSR count). The van der Waals surface area contributed by atoms with Crippen LogP contribution in [0.5, 0.6) is 0 Å². The number of anilines is 1. The highest BCUT2D eigenvalue weighted by Crippen LogP contribution is 2.39. The molecule has 1 aromatic rings. The lowest BCUT2D eigenvalue weighted by molar-refractivity contribution is 0.0629. The minimum absolute atomic E-state index is 0.211. The molecule has 1 amide bonds. The van der Waals surface area contributed by atoms with Crippen LogP contribution in [0, 0.1) is 5.92 Å². The van der Waals surface area contributed by atoms with Crippen LogP contribution >= 0.6 is 0 Å². The van der Waals surface area contributed by atoms with Crippen LogP contribution in [0.15, 0.2) is 24.3 Å². The second kappa shape index (κ2) is 4.65. The second-order valence-electron chi connectivity index (χ2n) is 4.46. The molecular formula is C13H18N2O2. The summed E-state index contributed by atoms with van der Waals surface area (Å²) in [6, 6.07) is 8.18. The van der Waals surface area contributed by atoms with Crippen molar-refractivity contribution in [1.82, 2.24) is 0 Å². The van der Waals surface area contributed by atoms with Crippen LogP contribution in [0.1, 0.15) is 31.9 Å². The lowest BCUT2D eigenvalue weighted by Gasteiger charge is -2.37. The predicted octanol–water partition coefficient (Wildman–Crippen LogP) is 2.66. The van der Waals surface area contributed by atoms with Gasteiger partial charge in [-0.05, 0) is 12.5 Å². The molecule has 4 heteroatoms. The van der Waals surface area contributed by atoms with E-state index in [4.69, 9.17) is 10.5 Å². The Balaban J connectivity index is 2.37. The summed E-state index contributed by atoms with van der Waals surface area (Å²) in [6.07, 6.45) is 0.0111. The third-order valence-electron chi connectivity index (χ3n) is 3.40. The van der Waals surface area contributed by atoms with Crippen molar-refractivity contribution in [2.45, 2.75) is 32.4 Å². The first-order chi connectivity index (χ1) is 8.13. The highest BCUT2D eigenvalue weighted by Gasteiger charge is 2.34. The highest BCUT2D eigenvalue weighted by molar-refractivity contribution is 5.66. The van der Waals surface area contributed by atoms with Crippen LogP contribution in [0.4, 0.5) is 10.5 Å². The highest BCUT2D eigenvalue weighted by atomic mass is 16.6. The summed E-state index contributed by atoms with van der Waals surface area (Å²) in [7, 11) is 0. The molecule has 3 atom stereocenters. The number of ether oxygens (including phenoxy) is 1. The van der Waals surface area contributed by atoms with Crippen LogP contribution in [-0.4, -0.2) is 12.1 Å². The largest absolute Gasteiger partial charge is 0.441 e. The van der Waals surface area contributed by atoms with E-state index in [1.807, 2.05) is 24.3 Å². The zero-order valence-electron chi connectivity index (χ0n) is 10.1. The quantitative estimate of drug-likeness (QED) is 0.826. The van der Waals surface area contributed by atoms with Crippen molar-refractivity contribution < 1.29 is 9.53 Å². The molecule has 3 unspecified atom stereocenters. The van der Waals surface area contributed by atoms with Crippen LogP contribution < -0.4 is 11.1 Å². The minimum Gasteiger partial charge on any atom is -0.441 e. The van der Waals surface area contributed by atoms with Gasteiger partial charge >= 0.3 is 6.09 Å². The molecular weight excluding hydrogens is 216 g/mol. The standard InChI is InChI=1S/C13H18N2O2/c1-3-10-8(2)12(17-13(14)16)9-6-4-5-7-11(9)15-10/h4-8,10,12,15H,3H2,1-2H3,(H2,14,16). The topological polar surface area (TPSA) is 64.3 Å². The number of primary amides is 1. The Kier molecular flexibility index (Phi) is 3.22. The first kappa shape index (κ1) is 11.8. The van der Waals surface area contributed by atoms with Crippen molar-refractivity contribution in [3.05, 3.63) is 29.8 Å². The number of nitrogens with two attached hydrogens (primary N) is 1. The first-order valence-corrected chi connectivity index (χ1v) is 5.95. The summed E-state index contributed by atoms with van der Waals surface area (Å²) in [6.45, 7) is 4.19. The maximum absolute atomic E-state index is 11.0. The van der Waals surface area contributed by atoms with Crippen molar-refractivity contribution in [3.8, 4) is 0 Å². The van der Waals surface area contributed by atoms with E-state index in [1.54, 1.807) is 0 Å².